The minimum atomic E-state index is -0.680. The second-order valence-corrected chi connectivity index (χ2v) is 6.20. The van der Waals surface area contributed by atoms with Crippen molar-refractivity contribution < 1.29 is 33.3 Å². The van der Waals surface area contributed by atoms with Crippen LogP contribution in [-0.2, 0) is 14.3 Å². The van der Waals surface area contributed by atoms with E-state index in [1.165, 1.54) is 52.7 Å². The number of amides is 1. The SMILES string of the molecule is COc1cc(NC(=O)COC(=O)/C=C/c2ccc(OC)c(OC)c2)c(OC)cc1Cl. The van der Waals surface area contributed by atoms with Gasteiger partial charge < -0.3 is 29.0 Å². The van der Waals surface area contributed by atoms with Gasteiger partial charge in [-0.25, -0.2) is 4.79 Å². The third-order valence-electron chi connectivity index (χ3n) is 3.91. The largest absolute Gasteiger partial charge is 0.495 e. The molecular formula is C21H22ClNO7. The fraction of sp³-hybridized carbons (Fsp3) is 0.238. The highest BCUT2D eigenvalue weighted by atomic mass is 35.5. The van der Waals surface area contributed by atoms with Gasteiger partial charge in [0.05, 0.1) is 39.1 Å². The van der Waals surface area contributed by atoms with Gasteiger partial charge in [0.1, 0.15) is 11.5 Å². The first-order valence-electron chi connectivity index (χ1n) is 8.70. The third kappa shape index (κ3) is 6.05. The van der Waals surface area contributed by atoms with Crippen LogP contribution in [0, 0.1) is 0 Å². The van der Waals surface area contributed by atoms with E-state index in [1.807, 2.05) is 0 Å². The van der Waals surface area contributed by atoms with Crippen LogP contribution in [-0.4, -0.2) is 46.9 Å². The van der Waals surface area contributed by atoms with Crippen LogP contribution in [0.5, 0.6) is 23.0 Å². The summed E-state index contributed by atoms with van der Waals surface area (Å²) in [6.07, 6.45) is 2.75. The maximum absolute atomic E-state index is 12.1. The lowest BCUT2D eigenvalue weighted by atomic mass is 10.2. The molecule has 0 saturated heterocycles. The Kier molecular flexibility index (Phi) is 8.37. The zero-order valence-corrected chi connectivity index (χ0v) is 17.7. The lowest BCUT2D eigenvalue weighted by Gasteiger charge is -2.13. The molecule has 9 heteroatoms. The molecule has 0 aliphatic carbocycles. The van der Waals surface area contributed by atoms with E-state index in [4.69, 9.17) is 35.3 Å². The molecule has 1 N–H and O–H groups in total. The summed E-state index contributed by atoms with van der Waals surface area (Å²) in [4.78, 5) is 24.0. The number of rotatable bonds is 9. The predicted octanol–water partition coefficient (Wildman–Crippen LogP) is 3.57. The van der Waals surface area contributed by atoms with Crippen molar-refractivity contribution in [1.82, 2.24) is 0 Å². The first-order valence-corrected chi connectivity index (χ1v) is 9.07. The molecule has 8 nitrogen and oxygen atoms in total. The molecule has 0 spiro atoms. The summed E-state index contributed by atoms with van der Waals surface area (Å²) in [7, 11) is 5.94. The number of halogens is 1. The second kappa shape index (κ2) is 11.0. The van der Waals surface area contributed by atoms with Crippen molar-refractivity contribution in [1.29, 1.82) is 0 Å². The third-order valence-corrected chi connectivity index (χ3v) is 4.21. The van der Waals surface area contributed by atoms with Crippen molar-refractivity contribution in [2.45, 2.75) is 0 Å². The molecule has 1 amide bonds. The van der Waals surface area contributed by atoms with Gasteiger partial charge in [-0.3, -0.25) is 4.79 Å². The van der Waals surface area contributed by atoms with Crippen molar-refractivity contribution in [2.24, 2.45) is 0 Å². The number of benzene rings is 2. The van der Waals surface area contributed by atoms with Gasteiger partial charge in [0.15, 0.2) is 18.1 Å². The van der Waals surface area contributed by atoms with Gasteiger partial charge in [-0.1, -0.05) is 17.7 Å². The monoisotopic (exact) mass is 435 g/mol. The van der Waals surface area contributed by atoms with Gasteiger partial charge in [-0.05, 0) is 23.8 Å². The average Bonchev–Trinajstić information content (AvgIpc) is 2.76. The van der Waals surface area contributed by atoms with Crippen LogP contribution in [0.1, 0.15) is 5.56 Å². The van der Waals surface area contributed by atoms with Crippen LogP contribution < -0.4 is 24.3 Å². The highest BCUT2D eigenvalue weighted by Gasteiger charge is 2.13. The Morgan fingerprint density at radius 3 is 2.20 bits per heavy atom. The minimum Gasteiger partial charge on any atom is -0.495 e. The number of carbonyl (C=O) groups is 2. The lowest BCUT2D eigenvalue weighted by molar-refractivity contribution is -0.142. The number of anilines is 1. The highest BCUT2D eigenvalue weighted by molar-refractivity contribution is 6.32. The second-order valence-electron chi connectivity index (χ2n) is 5.79. The number of hydrogen-bond acceptors (Lipinski definition) is 7. The van der Waals surface area contributed by atoms with Crippen molar-refractivity contribution in [3.63, 3.8) is 0 Å². The molecule has 30 heavy (non-hydrogen) atoms. The summed E-state index contributed by atoms with van der Waals surface area (Å²) in [6.45, 7) is -0.483. The van der Waals surface area contributed by atoms with Crippen LogP contribution in [0.4, 0.5) is 5.69 Å². The van der Waals surface area contributed by atoms with Gasteiger partial charge in [0.2, 0.25) is 0 Å². The van der Waals surface area contributed by atoms with Crippen molar-refractivity contribution in [2.75, 3.05) is 40.4 Å². The molecule has 2 rings (SSSR count). The molecule has 0 unspecified atom stereocenters. The van der Waals surface area contributed by atoms with Crippen LogP contribution in [0.25, 0.3) is 6.08 Å². The summed E-state index contributed by atoms with van der Waals surface area (Å²) in [6, 6.07) is 8.18. The Morgan fingerprint density at radius 2 is 1.57 bits per heavy atom. The number of methoxy groups -OCH3 is 4. The van der Waals surface area contributed by atoms with Gasteiger partial charge in [0.25, 0.3) is 5.91 Å². The minimum absolute atomic E-state index is 0.332. The summed E-state index contributed by atoms with van der Waals surface area (Å²) in [5.41, 5.74) is 1.03. The molecule has 0 radical (unpaired) electrons. The lowest BCUT2D eigenvalue weighted by Crippen LogP contribution is -2.20. The molecule has 0 aliphatic heterocycles. The van der Waals surface area contributed by atoms with Crippen molar-refractivity contribution in [3.05, 3.63) is 47.0 Å². The van der Waals surface area contributed by atoms with Crippen LogP contribution in [0.2, 0.25) is 5.02 Å². The zero-order valence-electron chi connectivity index (χ0n) is 17.0. The van der Waals surface area contributed by atoms with Crippen LogP contribution in [0.3, 0.4) is 0 Å². The number of hydrogen-bond donors (Lipinski definition) is 1. The van der Waals surface area contributed by atoms with Gasteiger partial charge in [0, 0.05) is 18.2 Å². The molecule has 0 aromatic heterocycles. The zero-order chi connectivity index (χ0) is 22.1. The molecule has 2 aromatic rings. The maximum atomic E-state index is 12.1. The summed E-state index contributed by atoms with van der Waals surface area (Å²) >= 11 is 6.03. The quantitative estimate of drug-likeness (QED) is 0.475. The Balaban J connectivity index is 1.95. The molecular weight excluding hydrogens is 414 g/mol. The van der Waals surface area contributed by atoms with Crippen molar-refractivity contribution >= 4 is 35.2 Å². The average molecular weight is 436 g/mol. The van der Waals surface area contributed by atoms with Crippen LogP contribution >= 0.6 is 11.6 Å². The normalized spacial score (nSPS) is 10.4. The number of carbonyl (C=O) groups excluding carboxylic acids is 2. The van der Waals surface area contributed by atoms with E-state index in [0.717, 1.165) is 0 Å². The topological polar surface area (TPSA) is 92.3 Å². The molecule has 0 aliphatic rings. The summed E-state index contributed by atoms with van der Waals surface area (Å²) in [5.74, 6) is 0.574. The number of ether oxygens (including phenoxy) is 5. The predicted molar refractivity (Wildman–Crippen MR) is 113 cm³/mol. The van der Waals surface area contributed by atoms with Gasteiger partial charge in [-0.2, -0.15) is 0 Å². The Morgan fingerprint density at radius 1 is 0.900 bits per heavy atom. The molecule has 0 heterocycles. The standard InChI is InChI=1S/C21H22ClNO7/c1-26-16-7-5-13(9-19(16)29-4)6-8-21(25)30-12-20(24)23-15-11-17(27-2)14(22)10-18(15)28-3/h5-11H,12H2,1-4H3,(H,23,24)/b8-6+. The van der Waals surface area contributed by atoms with Gasteiger partial charge in [-0.15, -0.1) is 0 Å². The van der Waals surface area contributed by atoms with Crippen molar-refractivity contribution in [3.8, 4) is 23.0 Å². The Hall–Kier alpha value is -3.39. The molecule has 0 bridgehead atoms. The Bertz CT molecular complexity index is 943. The molecule has 0 saturated carbocycles. The van der Waals surface area contributed by atoms with Gasteiger partial charge >= 0.3 is 5.97 Å². The van der Waals surface area contributed by atoms with E-state index >= 15 is 0 Å². The van der Waals surface area contributed by atoms with E-state index in [0.29, 0.717) is 39.3 Å². The van der Waals surface area contributed by atoms with E-state index in [-0.39, 0.29) is 0 Å². The number of nitrogens with one attached hydrogen (secondary N) is 1. The van der Waals surface area contributed by atoms with E-state index in [9.17, 15) is 9.59 Å². The summed E-state index contributed by atoms with van der Waals surface area (Å²) in [5, 5.41) is 2.92. The fourth-order valence-corrected chi connectivity index (χ4v) is 2.68. The van der Waals surface area contributed by atoms with E-state index in [1.54, 1.807) is 18.2 Å². The van der Waals surface area contributed by atoms with Crippen LogP contribution in [0.15, 0.2) is 36.4 Å². The highest BCUT2D eigenvalue weighted by Crippen LogP contribution is 2.35. The first-order chi connectivity index (χ1) is 14.4. The molecule has 0 atom stereocenters. The molecule has 2 aromatic carbocycles. The summed E-state index contributed by atoms with van der Waals surface area (Å²) < 4.78 is 25.6. The molecule has 0 fully saturated rings. The van der Waals surface area contributed by atoms with E-state index in [2.05, 4.69) is 5.32 Å². The van der Waals surface area contributed by atoms with E-state index < -0.39 is 18.5 Å². The Labute approximate surface area is 179 Å². The first kappa shape index (κ1) is 22.9. The smallest absolute Gasteiger partial charge is 0.331 e. The fourth-order valence-electron chi connectivity index (χ4n) is 2.45. The molecule has 160 valence electrons. The maximum Gasteiger partial charge on any atom is 0.331 e. The number of esters is 1.